The summed E-state index contributed by atoms with van der Waals surface area (Å²) in [7, 11) is 0. The van der Waals surface area contributed by atoms with Crippen LogP contribution in [-0.2, 0) is 6.54 Å². The van der Waals surface area contributed by atoms with Gasteiger partial charge in [0.2, 0.25) is 0 Å². The van der Waals surface area contributed by atoms with Crippen molar-refractivity contribution in [1.82, 2.24) is 4.90 Å². The van der Waals surface area contributed by atoms with Crippen LogP contribution in [0.4, 0.5) is 0 Å². The van der Waals surface area contributed by atoms with Crippen molar-refractivity contribution in [1.29, 1.82) is 0 Å². The van der Waals surface area contributed by atoms with Gasteiger partial charge in [-0.1, -0.05) is 30.3 Å². The second kappa shape index (κ2) is 4.12. The van der Waals surface area contributed by atoms with Crippen LogP contribution in [0.15, 0.2) is 30.3 Å². The molecule has 0 radical (unpaired) electrons. The van der Waals surface area contributed by atoms with Crippen molar-refractivity contribution in [2.24, 2.45) is 0 Å². The van der Waals surface area contributed by atoms with Gasteiger partial charge in [-0.25, -0.2) is 0 Å². The molecule has 0 spiro atoms. The highest BCUT2D eigenvalue weighted by Gasteiger charge is 2.19. The average Bonchev–Trinajstić information content (AvgIpc) is 2.53. The summed E-state index contributed by atoms with van der Waals surface area (Å²) in [4.78, 5) is 2.41. The quantitative estimate of drug-likeness (QED) is 0.656. The summed E-state index contributed by atoms with van der Waals surface area (Å²) in [6.45, 7) is 3.23. The fourth-order valence-electron chi connectivity index (χ4n) is 1.77. The first-order valence-corrected chi connectivity index (χ1v) is 5.18. The third-order valence-electron chi connectivity index (χ3n) is 2.46. The molecule has 70 valence electrons. The van der Waals surface area contributed by atoms with Crippen molar-refractivity contribution in [2.75, 3.05) is 13.1 Å². The molecule has 2 heteroatoms. The standard InChI is InChI=1S/C11H14ClN/c12-11-6-7-13(9-11)8-10-4-2-1-3-5-10/h1-5,11H,6-9H2/t11-/m1/s1. The van der Waals surface area contributed by atoms with Crippen LogP contribution in [0.25, 0.3) is 0 Å². The zero-order valence-electron chi connectivity index (χ0n) is 7.62. The van der Waals surface area contributed by atoms with Crippen LogP contribution in [0.3, 0.4) is 0 Å². The second-order valence-electron chi connectivity index (χ2n) is 3.61. The van der Waals surface area contributed by atoms with E-state index in [4.69, 9.17) is 11.6 Å². The Morgan fingerprint density at radius 1 is 1.31 bits per heavy atom. The lowest BCUT2D eigenvalue weighted by Gasteiger charge is -2.14. The van der Waals surface area contributed by atoms with Crippen molar-refractivity contribution in [3.63, 3.8) is 0 Å². The first-order chi connectivity index (χ1) is 6.34. The Morgan fingerprint density at radius 2 is 2.08 bits per heavy atom. The Morgan fingerprint density at radius 3 is 2.69 bits per heavy atom. The molecule has 1 aromatic carbocycles. The van der Waals surface area contributed by atoms with Crippen molar-refractivity contribution < 1.29 is 0 Å². The summed E-state index contributed by atoms with van der Waals surface area (Å²) >= 11 is 6.03. The van der Waals surface area contributed by atoms with E-state index in [-0.39, 0.29) is 0 Å². The maximum Gasteiger partial charge on any atom is 0.0475 e. The van der Waals surface area contributed by atoms with Gasteiger partial charge in [-0.2, -0.15) is 0 Å². The molecular formula is C11H14ClN. The van der Waals surface area contributed by atoms with Gasteiger partial charge in [-0.15, -0.1) is 11.6 Å². The van der Waals surface area contributed by atoms with Crippen LogP contribution in [0.2, 0.25) is 0 Å². The van der Waals surface area contributed by atoms with E-state index < -0.39 is 0 Å². The maximum atomic E-state index is 6.03. The smallest absolute Gasteiger partial charge is 0.0475 e. The molecule has 0 amide bonds. The first-order valence-electron chi connectivity index (χ1n) is 4.75. The number of rotatable bonds is 2. The lowest BCUT2D eigenvalue weighted by atomic mass is 10.2. The molecule has 1 aliphatic heterocycles. The number of nitrogens with zero attached hydrogens (tertiary/aromatic N) is 1. The number of benzene rings is 1. The summed E-state index contributed by atoms with van der Waals surface area (Å²) < 4.78 is 0. The predicted octanol–water partition coefficient (Wildman–Crippen LogP) is 2.50. The number of likely N-dealkylation sites (tertiary alicyclic amines) is 1. The fraction of sp³-hybridized carbons (Fsp3) is 0.455. The third-order valence-corrected chi connectivity index (χ3v) is 2.82. The molecule has 0 aromatic heterocycles. The second-order valence-corrected chi connectivity index (χ2v) is 4.22. The van der Waals surface area contributed by atoms with Crippen molar-refractivity contribution in [3.8, 4) is 0 Å². The monoisotopic (exact) mass is 195 g/mol. The Labute approximate surface area is 84.3 Å². The predicted molar refractivity (Wildman–Crippen MR) is 56.0 cm³/mol. The highest BCUT2D eigenvalue weighted by Crippen LogP contribution is 2.16. The van der Waals surface area contributed by atoms with E-state index in [9.17, 15) is 0 Å². The first kappa shape index (κ1) is 9.04. The molecule has 1 heterocycles. The van der Waals surface area contributed by atoms with Crippen LogP contribution < -0.4 is 0 Å². The van der Waals surface area contributed by atoms with Gasteiger partial charge in [0.25, 0.3) is 0 Å². The molecule has 1 aromatic rings. The van der Waals surface area contributed by atoms with Crippen molar-refractivity contribution in [3.05, 3.63) is 35.9 Å². The summed E-state index contributed by atoms with van der Waals surface area (Å²) in [5, 5.41) is 0.365. The molecule has 1 fully saturated rings. The van der Waals surface area contributed by atoms with Crippen LogP contribution >= 0.6 is 11.6 Å². The van der Waals surface area contributed by atoms with Crippen LogP contribution in [-0.4, -0.2) is 23.4 Å². The van der Waals surface area contributed by atoms with Crippen molar-refractivity contribution >= 4 is 11.6 Å². The van der Waals surface area contributed by atoms with Gasteiger partial charge in [0.15, 0.2) is 0 Å². The Kier molecular flexibility index (Phi) is 2.87. The molecule has 1 aliphatic rings. The van der Waals surface area contributed by atoms with Gasteiger partial charge in [-0.3, -0.25) is 4.90 Å². The average molecular weight is 196 g/mol. The van der Waals surface area contributed by atoms with E-state index in [1.165, 1.54) is 5.56 Å². The van der Waals surface area contributed by atoms with Gasteiger partial charge in [0.1, 0.15) is 0 Å². The lowest BCUT2D eigenvalue weighted by Crippen LogP contribution is -2.19. The molecule has 13 heavy (non-hydrogen) atoms. The van der Waals surface area contributed by atoms with Crippen molar-refractivity contribution in [2.45, 2.75) is 18.3 Å². The minimum absolute atomic E-state index is 0.365. The minimum atomic E-state index is 0.365. The molecule has 0 aliphatic carbocycles. The number of halogens is 1. The van der Waals surface area contributed by atoms with E-state index in [0.717, 1.165) is 26.1 Å². The van der Waals surface area contributed by atoms with E-state index >= 15 is 0 Å². The summed E-state index contributed by atoms with van der Waals surface area (Å²) in [5.74, 6) is 0. The largest absolute Gasteiger partial charge is 0.298 e. The highest BCUT2D eigenvalue weighted by atomic mass is 35.5. The van der Waals surface area contributed by atoms with Crippen LogP contribution in [0, 0.1) is 0 Å². The maximum absolute atomic E-state index is 6.03. The van der Waals surface area contributed by atoms with Crippen LogP contribution in [0.5, 0.6) is 0 Å². The normalized spacial score (nSPS) is 23.6. The van der Waals surface area contributed by atoms with E-state index in [2.05, 4.69) is 35.2 Å². The van der Waals surface area contributed by atoms with E-state index in [0.29, 0.717) is 5.38 Å². The van der Waals surface area contributed by atoms with E-state index in [1.807, 2.05) is 0 Å². The summed E-state index contributed by atoms with van der Waals surface area (Å²) in [6, 6.07) is 10.6. The molecule has 0 saturated carbocycles. The Bertz CT molecular complexity index is 260. The van der Waals surface area contributed by atoms with Gasteiger partial charge in [0.05, 0.1) is 0 Å². The van der Waals surface area contributed by atoms with Gasteiger partial charge in [0, 0.05) is 18.5 Å². The SMILES string of the molecule is Cl[C@@H]1CCN(Cc2ccccc2)C1. The molecule has 0 bridgehead atoms. The third kappa shape index (κ3) is 2.45. The molecule has 0 N–H and O–H groups in total. The van der Waals surface area contributed by atoms with Gasteiger partial charge >= 0.3 is 0 Å². The molecular weight excluding hydrogens is 182 g/mol. The lowest BCUT2D eigenvalue weighted by molar-refractivity contribution is 0.332. The Balaban J connectivity index is 1.92. The molecule has 0 unspecified atom stereocenters. The van der Waals surface area contributed by atoms with Crippen LogP contribution in [0.1, 0.15) is 12.0 Å². The van der Waals surface area contributed by atoms with Gasteiger partial charge in [-0.05, 0) is 18.5 Å². The minimum Gasteiger partial charge on any atom is -0.298 e. The summed E-state index contributed by atoms with van der Waals surface area (Å²) in [5.41, 5.74) is 1.38. The number of alkyl halides is 1. The van der Waals surface area contributed by atoms with E-state index in [1.54, 1.807) is 0 Å². The molecule has 1 nitrogen and oxygen atoms in total. The summed E-state index contributed by atoms with van der Waals surface area (Å²) in [6.07, 6.45) is 1.13. The molecule has 1 atom stereocenters. The molecule has 1 saturated heterocycles. The Hall–Kier alpha value is -0.530. The zero-order valence-corrected chi connectivity index (χ0v) is 8.37. The zero-order chi connectivity index (χ0) is 9.10. The number of hydrogen-bond acceptors (Lipinski definition) is 1. The molecule has 2 rings (SSSR count). The topological polar surface area (TPSA) is 3.24 Å². The highest BCUT2D eigenvalue weighted by molar-refractivity contribution is 6.20. The number of hydrogen-bond donors (Lipinski definition) is 0. The van der Waals surface area contributed by atoms with Gasteiger partial charge < -0.3 is 0 Å². The fourth-order valence-corrected chi connectivity index (χ4v) is 2.06.